The number of thiophene rings is 1. The third-order valence-corrected chi connectivity index (χ3v) is 5.48. The smallest absolute Gasteiger partial charge is 0.131 e. The van der Waals surface area contributed by atoms with Crippen LogP contribution in [0.1, 0.15) is 29.5 Å². The average molecular weight is 423 g/mol. The molecule has 0 aromatic carbocycles. The Bertz CT molecular complexity index is 805. The molecule has 0 aliphatic heterocycles. The first-order valence-corrected chi connectivity index (χ1v) is 8.88. The molecule has 138 valence electrons. The van der Waals surface area contributed by atoms with Gasteiger partial charge in [-0.25, -0.2) is 4.98 Å². The van der Waals surface area contributed by atoms with Crippen molar-refractivity contribution in [1.29, 1.82) is 0 Å². The number of pyridine rings is 1. The molecule has 3 aromatic heterocycles. The summed E-state index contributed by atoms with van der Waals surface area (Å²) in [5.41, 5.74) is 9.24. The first-order valence-electron chi connectivity index (χ1n) is 7.68. The average Bonchev–Trinajstić information content (AvgIpc) is 3.15. The van der Waals surface area contributed by atoms with Gasteiger partial charge >= 0.3 is 0 Å². The molecule has 0 saturated carbocycles. The highest BCUT2D eigenvalue weighted by Gasteiger charge is 2.16. The number of fused-ring (bicyclic) bond motifs is 1. The minimum Gasteiger partial charge on any atom is -0.467 e. The van der Waals surface area contributed by atoms with E-state index in [4.69, 9.17) is 21.8 Å². The van der Waals surface area contributed by atoms with Crippen molar-refractivity contribution in [3.8, 4) is 0 Å². The fourth-order valence-electron chi connectivity index (χ4n) is 2.50. The number of rotatable bonds is 6. The SMILES string of the molecule is CC[C@H](N)Cc1sc2c(NCc3ccco3)cc(Cl)nc2c1C.Cl.Cl. The topological polar surface area (TPSA) is 64.1 Å². The van der Waals surface area contributed by atoms with Gasteiger partial charge in [-0.05, 0) is 37.5 Å². The number of aromatic nitrogens is 1. The molecule has 0 bridgehead atoms. The standard InChI is InChI=1S/C17H20ClN3OS.2ClH/c1-3-11(19)7-14-10(2)16-17(23-14)13(8-15(18)21-16)20-9-12-5-4-6-22-12;;/h4-6,8,11H,3,7,9,19H2,1-2H3,(H,20,21);2*1H/t11-;;/m0../s1. The Labute approximate surface area is 169 Å². The zero-order valence-electron chi connectivity index (χ0n) is 14.0. The van der Waals surface area contributed by atoms with Gasteiger partial charge in [0, 0.05) is 17.0 Å². The van der Waals surface area contributed by atoms with Crippen molar-refractivity contribution in [3.63, 3.8) is 0 Å². The molecule has 0 amide bonds. The van der Waals surface area contributed by atoms with Crippen molar-refractivity contribution in [1.82, 2.24) is 4.98 Å². The third-order valence-electron chi connectivity index (χ3n) is 3.95. The zero-order chi connectivity index (χ0) is 16.4. The molecule has 3 rings (SSSR count). The van der Waals surface area contributed by atoms with E-state index in [1.54, 1.807) is 17.6 Å². The molecule has 1 atom stereocenters. The molecule has 3 N–H and O–H groups in total. The highest BCUT2D eigenvalue weighted by molar-refractivity contribution is 7.19. The van der Waals surface area contributed by atoms with E-state index < -0.39 is 0 Å². The second-order valence-corrected chi connectivity index (χ2v) is 7.12. The summed E-state index contributed by atoms with van der Waals surface area (Å²) in [7, 11) is 0. The first kappa shape index (κ1) is 22.1. The van der Waals surface area contributed by atoms with Gasteiger partial charge in [-0.1, -0.05) is 18.5 Å². The van der Waals surface area contributed by atoms with E-state index in [-0.39, 0.29) is 30.9 Å². The van der Waals surface area contributed by atoms with E-state index in [2.05, 4.69) is 24.1 Å². The minimum absolute atomic E-state index is 0. The lowest BCUT2D eigenvalue weighted by atomic mass is 10.1. The summed E-state index contributed by atoms with van der Waals surface area (Å²) in [5.74, 6) is 0.882. The number of furan rings is 1. The Morgan fingerprint density at radius 2 is 2.16 bits per heavy atom. The molecule has 0 aliphatic carbocycles. The van der Waals surface area contributed by atoms with Crippen LogP contribution in [0.3, 0.4) is 0 Å². The highest BCUT2D eigenvalue weighted by atomic mass is 35.5. The number of nitrogens with one attached hydrogen (secondary N) is 1. The van der Waals surface area contributed by atoms with Gasteiger partial charge in [0.25, 0.3) is 0 Å². The van der Waals surface area contributed by atoms with Crippen LogP contribution in [0.4, 0.5) is 5.69 Å². The van der Waals surface area contributed by atoms with Gasteiger partial charge in [0.15, 0.2) is 0 Å². The number of hydrogen-bond donors (Lipinski definition) is 2. The van der Waals surface area contributed by atoms with E-state index in [0.717, 1.165) is 34.5 Å². The second-order valence-electron chi connectivity index (χ2n) is 5.63. The molecule has 0 saturated heterocycles. The Balaban J connectivity index is 0.00000156. The van der Waals surface area contributed by atoms with E-state index >= 15 is 0 Å². The molecule has 3 aromatic rings. The summed E-state index contributed by atoms with van der Waals surface area (Å²) in [6.07, 6.45) is 3.51. The van der Waals surface area contributed by atoms with Crippen molar-refractivity contribution in [2.45, 2.75) is 39.3 Å². The van der Waals surface area contributed by atoms with Crippen molar-refractivity contribution < 1.29 is 4.42 Å². The van der Waals surface area contributed by atoms with Crippen molar-refractivity contribution in [3.05, 3.63) is 45.8 Å². The summed E-state index contributed by atoms with van der Waals surface area (Å²) >= 11 is 7.95. The van der Waals surface area contributed by atoms with Crippen LogP contribution < -0.4 is 11.1 Å². The van der Waals surface area contributed by atoms with Crippen LogP contribution in [0.15, 0.2) is 28.9 Å². The molecule has 4 nitrogen and oxygen atoms in total. The minimum atomic E-state index is 0. The molecule has 0 aliphatic rings. The summed E-state index contributed by atoms with van der Waals surface area (Å²) in [4.78, 5) is 5.79. The molecule has 0 fully saturated rings. The molecule has 0 radical (unpaired) electrons. The number of anilines is 1. The number of hydrogen-bond acceptors (Lipinski definition) is 5. The van der Waals surface area contributed by atoms with Gasteiger partial charge in [-0.3, -0.25) is 0 Å². The van der Waals surface area contributed by atoms with Gasteiger partial charge < -0.3 is 15.5 Å². The Kier molecular flexibility index (Phi) is 8.51. The number of aryl methyl sites for hydroxylation is 1. The lowest BCUT2D eigenvalue weighted by molar-refractivity contribution is 0.518. The number of nitrogens with zero attached hydrogens (tertiary/aromatic N) is 1. The Morgan fingerprint density at radius 1 is 1.40 bits per heavy atom. The normalized spacial score (nSPS) is 11.7. The molecule has 8 heteroatoms. The third kappa shape index (κ3) is 5.02. The van der Waals surface area contributed by atoms with Crippen LogP contribution in [0.2, 0.25) is 5.15 Å². The summed E-state index contributed by atoms with van der Waals surface area (Å²) in [6.45, 7) is 4.82. The van der Waals surface area contributed by atoms with Crippen molar-refractivity contribution in [2.24, 2.45) is 5.73 Å². The van der Waals surface area contributed by atoms with E-state index in [9.17, 15) is 0 Å². The van der Waals surface area contributed by atoms with Gasteiger partial charge in [0.05, 0.1) is 28.7 Å². The van der Waals surface area contributed by atoms with E-state index in [0.29, 0.717) is 11.7 Å². The van der Waals surface area contributed by atoms with Crippen LogP contribution in [0.5, 0.6) is 0 Å². The maximum absolute atomic E-state index is 6.20. The van der Waals surface area contributed by atoms with Crippen LogP contribution in [0, 0.1) is 6.92 Å². The largest absolute Gasteiger partial charge is 0.467 e. The highest BCUT2D eigenvalue weighted by Crippen LogP contribution is 2.37. The predicted molar refractivity (Wildman–Crippen MR) is 112 cm³/mol. The summed E-state index contributed by atoms with van der Waals surface area (Å²) in [6, 6.07) is 5.87. The van der Waals surface area contributed by atoms with Gasteiger partial charge in [0.2, 0.25) is 0 Å². The van der Waals surface area contributed by atoms with Crippen LogP contribution in [-0.4, -0.2) is 11.0 Å². The number of nitrogens with two attached hydrogens (primary N) is 1. The Hall–Kier alpha value is -0.980. The predicted octanol–water partition coefficient (Wildman–Crippen LogP) is 5.59. The number of halogens is 3. The quantitative estimate of drug-likeness (QED) is 0.508. The van der Waals surface area contributed by atoms with E-state index in [1.165, 1.54) is 10.4 Å². The van der Waals surface area contributed by atoms with Gasteiger partial charge in [-0.15, -0.1) is 36.2 Å². The van der Waals surface area contributed by atoms with E-state index in [1.807, 2.05) is 18.2 Å². The fraction of sp³-hybridized carbons (Fsp3) is 0.353. The summed E-state index contributed by atoms with van der Waals surface area (Å²) < 4.78 is 6.49. The second kappa shape index (κ2) is 9.64. The van der Waals surface area contributed by atoms with Crippen molar-refractivity contribution >= 4 is 63.7 Å². The van der Waals surface area contributed by atoms with Crippen LogP contribution in [0.25, 0.3) is 10.2 Å². The first-order chi connectivity index (χ1) is 11.1. The van der Waals surface area contributed by atoms with Crippen LogP contribution >= 0.6 is 47.8 Å². The van der Waals surface area contributed by atoms with Crippen LogP contribution in [-0.2, 0) is 13.0 Å². The molecule has 3 heterocycles. The Morgan fingerprint density at radius 3 is 2.80 bits per heavy atom. The molecule has 0 spiro atoms. The molecule has 25 heavy (non-hydrogen) atoms. The molecule has 0 unspecified atom stereocenters. The molecular weight excluding hydrogens is 401 g/mol. The van der Waals surface area contributed by atoms with Gasteiger partial charge in [-0.2, -0.15) is 0 Å². The zero-order valence-corrected chi connectivity index (χ0v) is 17.2. The fourth-order valence-corrected chi connectivity index (χ4v) is 4.02. The maximum Gasteiger partial charge on any atom is 0.131 e. The monoisotopic (exact) mass is 421 g/mol. The summed E-state index contributed by atoms with van der Waals surface area (Å²) in [5, 5.41) is 3.89. The maximum atomic E-state index is 6.20. The van der Waals surface area contributed by atoms with Gasteiger partial charge in [0.1, 0.15) is 10.9 Å². The molecular formula is C17H22Cl3N3OS. The lowest BCUT2D eigenvalue weighted by Crippen LogP contribution is -2.21. The van der Waals surface area contributed by atoms with Crippen molar-refractivity contribution in [2.75, 3.05) is 5.32 Å². The lowest BCUT2D eigenvalue weighted by Gasteiger charge is -2.06.